The standard InChI is InChI=1S/C27H21N3O8S/c1-37-23-12-17(10-11-22(23)38-16-25(32)28-19-8-5-9-20(14-19)30(35)36)13-24-26(33)29(27(34)39-24)15-21(31)18-6-3-2-4-7-18/h2-14H,15-16H2,1H3,(H,28,32)/b24-13-. The fraction of sp³-hybridized carbons (Fsp3) is 0.111. The summed E-state index contributed by atoms with van der Waals surface area (Å²) >= 11 is 0.728. The normalized spacial score (nSPS) is 13.9. The SMILES string of the molecule is COc1cc(/C=C2\SC(=O)N(CC(=O)c3ccccc3)C2=O)ccc1OCC(=O)Nc1cccc([N+](=O)[O-])c1. The van der Waals surface area contributed by atoms with Crippen molar-refractivity contribution in [2.24, 2.45) is 0 Å². The average Bonchev–Trinajstić information content (AvgIpc) is 3.19. The molecule has 39 heavy (non-hydrogen) atoms. The number of carbonyl (C=O) groups is 4. The Morgan fingerprint density at radius 1 is 1.03 bits per heavy atom. The number of non-ortho nitro benzene ring substituents is 1. The number of anilines is 1. The van der Waals surface area contributed by atoms with Gasteiger partial charge in [-0.05, 0) is 41.6 Å². The van der Waals surface area contributed by atoms with E-state index in [4.69, 9.17) is 9.47 Å². The number of Topliss-reactive ketones (excluding diaryl/α,β-unsaturated/α-hetero) is 1. The Morgan fingerprint density at radius 2 is 1.79 bits per heavy atom. The molecule has 1 fully saturated rings. The fourth-order valence-corrected chi connectivity index (χ4v) is 4.42. The lowest BCUT2D eigenvalue weighted by Gasteiger charge is -2.12. The van der Waals surface area contributed by atoms with Gasteiger partial charge in [0, 0.05) is 23.4 Å². The monoisotopic (exact) mass is 547 g/mol. The minimum atomic E-state index is -0.577. The van der Waals surface area contributed by atoms with Crippen molar-refractivity contribution in [1.82, 2.24) is 4.90 Å². The van der Waals surface area contributed by atoms with Crippen LogP contribution in [0.3, 0.4) is 0 Å². The van der Waals surface area contributed by atoms with Gasteiger partial charge in [-0.25, -0.2) is 0 Å². The molecule has 0 atom stereocenters. The summed E-state index contributed by atoms with van der Waals surface area (Å²) in [5.41, 5.74) is 1.02. The van der Waals surface area contributed by atoms with E-state index in [2.05, 4.69) is 5.32 Å². The van der Waals surface area contributed by atoms with E-state index in [1.165, 1.54) is 43.5 Å². The van der Waals surface area contributed by atoms with Crippen LogP contribution < -0.4 is 14.8 Å². The first-order chi connectivity index (χ1) is 18.7. The predicted octanol–water partition coefficient (Wildman–Crippen LogP) is 4.54. The van der Waals surface area contributed by atoms with Crippen molar-refractivity contribution in [3.63, 3.8) is 0 Å². The van der Waals surface area contributed by atoms with Crippen molar-refractivity contribution in [3.8, 4) is 11.5 Å². The summed E-state index contributed by atoms with van der Waals surface area (Å²) in [6, 6.07) is 18.6. The summed E-state index contributed by atoms with van der Waals surface area (Å²) in [6.45, 7) is -0.757. The van der Waals surface area contributed by atoms with Gasteiger partial charge in [-0.3, -0.25) is 34.2 Å². The van der Waals surface area contributed by atoms with Crippen LogP contribution in [-0.4, -0.2) is 52.9 Å². The Balaban J connectivity index is 1.40. The topological polar surface area (TPSA) is 145 Å². The smallest absolute Gasteiger partial charge is 0.293 e. The van der Waals surface area contributed by atoms with Crippen molar-refractivity contribution < 1.29 is 33.6 Å². The van der Waals surface area contributed by atoms with Gasteiger partial charge in [-0.1, -0.05) is 42.5 Å². The molecule has 0 unspecified atom stereocenters. The summed E-state index contributed by atoms with van der Waals surface area (Å²) in [7, 11) is 1.40. The maximum Gasteiger partial charge on any atom is 0.293 e. The van der Waals surface area contributed by atoms with Crippen LogP contribution in [0.2, 0.25) is 0 Å². The second-order valence-electron chi connectivity index (χ2n) is 8.11. The first kappa shape index (κ1) is 27.1. The minimum absolute atomic E-state index is 0.146. The van der Waals surface area contributed by atoms with E-state index in [0.717, 1.165) is 16.7 Å². The highest BCUT2D eigenvalue weighted by Gasteiger charge is 2.36. The molecule has 1 N–H and O–H groups in total. The summed E-state index contributed by atoms with van der Waals surface area (Å²) < 4.78 is 10.9. The zero-order valence-electron chi connectivity index (χ0n) is 20.5. The van der Waals surface area contributed by atoms with Gasteiger partial charge in [0.2, 0.25) is 0 Å². The maximum absolute atomic E-state index is 12.8. The summed E-state index contributed by atoms with van der Waals surface area (Å²) in [6.07, 6.45) is 1.50. The maximum atomic E-state index is 12.8. The Labute approximate surface area is 226 Å². The molecule has 3 aromatic rings. The molecule has 3 aromatic carbocycles. The van der Waals surface area contributed by atoms with E-state index in [1.54, 1.807) is 42.5 Å². The third kappa shape index (κ3) is 6.67. The third-order valence-corrected chi connectivity index (χ3v) is 6.36. The number of thioether (sulfide) groups is 1. The van der Waals surface area contributed by atoms with Gasteiger partial charge in [0.25, 0.3) is 22.7 Å². The molecule has 0 spiro atoms. The third-order valence-electron chi connectivity index (χ3n) is 5.46. The van der Waals surface area contributed by atoms with Crippen LogP contribution in [0.4, 0.5) is 16.2 Å². The highest BCUT2D eigenvalue weighted by Crippen LogP contribution is 2.34. The Bertz CT molecular complexity index is 1490. The molecular weight excluding hydrogens is 526 g/mol. The van der Waals surface area contributed by atoms with Crippen molar-refractivity contribution in [2.45, 2.75) is 0 Å². The number of hydrogen-bond acceptors (Lipinski definition) is 9. The van der Waals surface area contributed by atoms with Crippen molar-refractivity contribution in [3.05, 3.63) is 98.9 Å². The van der Waals surface area contributed by atoms with E-state index in [0.29, 0.717) is 11.1 Å². The number of ketones is 1. The molecule has 3 amide bonds. The highest BCUT2D eigenvalue weighted by molar-refractivity contribution is 8.18. The van der Waals surface area contributed by atoms with Gasteiger partial charge in [0.1, 0.15) is 0 Å². The second-order valence-corrected chi connectivity index (χ2v) is 9.10. The van der Waals surface area contributed by atoms with Crippen LogP contribution >= 0.6 is 11.8 Å². The zero-order chi connectivity index (χ0) is 27.9. The van der Waals surface area contributed by atoms with Gasteiger partial charge >= 0.3 is 0 Å². The van der Waals surface area contributed by atoms with Crippen molar-refractivity contribution >= 4 is 52.0 Å². The van der Waals surface area contributed by atoms with Gasteiger partial charge in [0.05, 0.1) is 23.5 Å². The van der Waals surface area contributed by atoms with Crippen LogP contribution in [-0.2, 0) is 9.59 Å². The van der Waals surface area contributed by atoms with Crippen molar-refractivity contribution in [1.29, 1.82) is 0 Å². The summed E-state index contributed by atoms with van der Waals surface area (Å²) in [5.74, 6) is -0.959. The van der Waals surface area contributed by atoms with E-state index in [1.807, 2.05) is 0 Å². The molecule has 0 saturated carbocycles. The Kier molecular flexibility index (Phi) is 8.37. The Morgan fingerprint density at radius 3 is 2.51 bits per heavy atom. The number of rotatable bonds is 10. The number of carbonyl (C=O) groups excluding carboxylic acids is 4. The van der Waals surface area contributed by atoms with Crippen molar-refractivity contribution in [2.75, 3.05) is 25.6 Å². The lowest BCUT2D eigenvalue weighted by atomic mass is 10.1. The molecular formula is C27H21N3O8S. The average molecular weight is 548 g/mol. The molecule has 1 aliphatic heterocycles. The van der Waals surface area contributed by atoms with Gasteiger partial charge in [-0.2, -0.15) is 0 Å². The number of hydrogen-bond donors (Lipinski definition) is 1. The van der Waals surface area contributed by atoms with E-state index < -0.39 is 28.6 Å². The number of nitrogens with one attached hydrogen (secondary N) is 1. The summed E-state index contributed by atoms with van der Waals surface area (Å²) in [5, 5.41) is 12.9. The highest BCUT2D eigenvalue weighted by atomic mass is 32.2. The number of imide groups is 1. The first-order valence-corrected chi connectivity index (χ1v) is 12.3. The number of nitro groups is 1. The van der Waals surface area contributed by atoms with E-state index >= 15 is 0 Å². The molecule has 1 aliphatic rings. The molecule has 198 valence electrons. The predicted molar refractivity (Wildman–Crippen MR) is 144 cm³/mol. The van der Waals surface area contributed by atoms with Crippen LogP contribution in [0, 0.1) is 10.1 Å². The quantitative estimate of drug-likeness (QED) is 0.167. The number of ether oxygens (including phenoxy) is 2. The first-order valence-electron chi connectivity index (χ1n) is 11.4. The molecule has 12 heteroatoms. The van der Waals surface area contributed by atoms with Gasteiger partial charge < -0.3 is 14.8 Å². The summed E-state index contributed by atoms with van der Waals surface area (Å²) in [4.78, 5) is 61.4. The van der Waals surface area contributed by atoms with E-state index in [-0.39, 0.29) is 40.1 Å². The lowest BCUT2D eigenvalue weighted by Crippen LogP contribution is -2.33. The number of methoxy groups -OCH3 is 1. The minimum Gasteiger partial charge on any atom is -0.493 e. The molecule has 4 rings (SSSR count). The molecule has 0 radical (unpaired) electrons. The van der Waals surface area contributed by atoms with Crippen LogP contribution in [0.1, 0.15) is 15.9 Å². The Hall–Kier alpha value is -4.97. The molecule has 1 heterocycles. The van der Waals surface area contributed by atoms with Gasteiger partial charge in [-0.15, -0.1) is 0 Å². The van der Waals surface area contributed by atoms with Gasteiger partial charge in [0.15, 0.2) is 23.9 Å². The number of nitro benzene ring substituents is 1. The molecule has 0 aliphatic carbocycles. The molecule has 1 saturated heterocycles. The molecule has 0 aromatic heterocycles. The van der Waals surface area contributed by atoms with Crippen LogP contribution in [0.25, 0.3) is 6.08 Å². The van der Waals surface area contributed by atoms with E-state index in [9.17, 15) is 29.3 Å². The van der Waals surface area contributed by atoms with Crippen LogP contribution in [0.5, 0.6) is 11.5 Å². The largest absolute Gasteiger partial charge is 0.493 e. The molecule has 11 nitrogen and oxygen atoms in total. The second kappa shape index (κ2) is 12.0. The number of nitrogens with zero attached hydrogens (tertiary/aromatic N) is 2. The fourth-order valence-electron chi connectivity index (χ4n) is 3.58. The zero-order valence-corrected chi connectivity index (χ0v) is 21.3. The number of amides is 3. The van der Waals surface area contributed by atoms with Crippen LogP contribution in [0.15, 0.2) is 77.7 Å². The lowest BCUT2D eigenvalue weighted by molar-refractivity contribution is -0.384. The number of benzene rings is 3. The molecule has 0 bridgehead atoms.